The van der Waals surface area contributed by atoms with Crippen molar-refractivity contribution in [3.8, 4) is 11.5 Å². The number of carbonyl (C=O) groups excluding carboxylic acids is 2. The molecule has 2 N–H and O–H groups in total. The van der Waals surface area contributed by atoms with Gasteiger partial charge in [-0.2, -0.15) is 0 Å². The number of dihydropyridines is 1. The number of ether oxygens (including phenoxy) is 3. The molecule has 0 amide bonds. The molecule has 1 aromatic heterocycles. The number of phenols is 1. The number of aromatic hydroxyl groups is 1. The van der Waals surface area contributed by atoms with E-state index in [0.717, 1.165) is 17.7 Å². The maximum atomic E-state index is 13.8. The summed E-state index contributed by atoms with van der Waals surface area (Å²) in [5, 5.41) is 27.6. The number of nitro benzene ring substituents is 1. The third-order valence-corrected chi connectivity index (χ3v) is 8.36. The van der Waals surface area contributed by atoms with Gasteiger partial charge in [-0.15, -0.1) is 11.3 Å². The van der Waals surface area contributed by atoms with E-state index in [2.05, 4.69) is 5.32 Å². The van der Waals surface area contributed by atoms with E-state index in [-0.39, 0.29) is 48.8 Å². The van der Waals surface area contributed by atoms with E-state index in [1.165, 1.54) is 12.1 Å². The van der Waals surface area contributed by atoms with Crippen molar-refractivity contribution in [2.75, 3.05) is 19.8 Å². The van der Waals surface area contributed by atoms with Gasteiger partial charge in [-0.3, -0.25) is 14.9 Å². The standard InChI is InChI=1S/C28H30N2O8S/c1-3-36-22-13-17(11-20(27(22)32)30(34)35)25-24(28(33)38-14-18-6-4-8-37-18)15(2)29-19-10-16(12-21(31)26(19)25)23-7-5-9-39-23/h5,7,9,11,13,16,18,25,29,32H,3-4,6,8,10,12,14H2,1-2H3/t16-,18-,25+/m0/s1. The second-order valence-corrected chi connectivity index (χ2v) is 10.8. The van der Waals surface area contributed by atoms with Crippen molar-refractivity contribution in [3.05, 3.63) is 72.7 Å². The van der Waals surface area contributed by atoms with Crippen molar-refractivity contribution >= 4 is 28.8 Å². The second-order valence-electron chi connectivity index (χ2n) is 9.84. The molecule has 1 fully saturated rings. The van der Waals surface area contributed by atoms with Gasteiger partial charge in [-0.25, -0.2) is 4.79 Å². The molecule has 0 saturated carbocycles. The van der Waals surface area contributed by atoms with Gasteiger partial charge in [0.05, 0.1) is 23.2 Å². The van der Waals surface area contributed by atoms with Crippen LogP contribution >= 0.6 is 11.3 Å². The molecule has 1 aliphatic carbocycles. The van der Waals surface area contributed by atoms with Gasteiger partial charge in [0.2, 0.25) is 5.75 Å². The Balaban J connectivity index is 1.60. The van der Waals surface area contributed by atoms with E-state index >= 15 is 0 Å². The van der Waals surface area contributed by atoms with Crippen molar-refractivity contribution < 1.29 is 33.8 Å². The van der Waals surface area contributed by atoms with Crippen LogP contribution in [0.5, 0.6) is 11.5 Å². The molecular weight excluding hydrogens is 524 g/mol. The first-order valence-electron chi connectivity index (χ1n) is 13.0. The van der Waals surface area contributed by atoms with Crippen LogP contribution in [0, 0.1) is 10.1 Å². The summed E-state index contributed by atoms with van der Waals surface area (Å²) in [5.41, 5.74) is 1.47. The molecule has 0 spiro atoms. The highest BCUT2D eigenvalue weighted by molar-refractivity contribution is 7.10. The van der Waals surface area contributed by atoms with Crippen LogP contribution < -0.4 is 10.1 Å². The fourth-order valence-electron chi connectivity index (χ4n) is 5.58. The number of hydrogen-bond acceptors (Lipinski definition) is 10. The molecule has 206 valence electrons. The van der Waals surface area contributed by atoms with Gasteiger partial charge in [0.15, 0.2) is 11.5 Å². The molecule has 0 radical (unpaired) electrons. The Morgan fingerprint density at radius 3 is 2.82 bits per heavy atom. The number of hydrogen-bond donors (Lipinski definition) is 2. The quantitative estimate of drug-likeness (QED) is 0.267. The predicted octanol–water partition coefficient (Wildman–Crippen LogP) is 4.84. The summed E-state index contributed by atoms with van der Waals surface area (Å²) in [5.74, 6) is -2.44. The number of carbonyl (C=O) groups is 2. The van der Waals surface area contributed by atoms with Gasteiger partial charge in [-0.05, 0) is 56.2 Å². The number of esters is 1. The molecule has 3 atom stereocenters. The molecular formula is C28H30N2O8S. The zero-order valence-electron chi connectivity index (χ0n) is 21.7. The number of benzene rings is 1. The maximum Gasteiger partial charge on any atom is 0.336 e. The molecule has 2 aromatic rings. The van der Waals surface area contributed by atoms with Crippen LogP contribution in [0.15, 0.2) is 52.2 Å². The molecule has 10 nitrogen and oxygen atoms in total. The zero-order chi connectivity index (χ0) is 27.7. The van der Waals surface area contributed by atoms with Crippen molar-refractivity contribution in [1.82, 2.24) is 5.32 Å². The minimum absolute atomic E-state index is 0.0154. The predicted molar refractivity (Wildman–Crippen MR) is 143 cm³/mol. The Labute approximate surface area is 229 Å². The van der Waals surface area contributed by atoms with Crippen LogP contribution in [-0.2, 0) is 19.1 Å². The van der Waals surface area contributed by atoms with Gasteiger partial charge in [-0.1, -0.05) is 6.07 Å². The molecule has 39 heavy (non-hydrogen) atoms. The summed E-state index contributed by atoms with van der Waals surface area (Å²) >= 11 is 1.59. The van der Waals surface area contributed by atoms with Crippen LogP contribution in [0.25, 0.3) is 0 Å². The lowest BCUT2D eigenvalue weighted by Crippen LogP contribution is -2.36. The summed E-state index contributed by atoms with van der Waals surface area (Å²) < 4.78 is 16.7. The number of nitro groups is 1. The van der Waals surface area contributed by atoms with Gasteiger partial charge in [0, 0.05) is 52.8 Å². The summed E-state index contributed by atoms with van der Waals surface area (Å²) in [6.07, 6.45) is 2.27. The molecule has 1 aromatic carbocycles. The average molecular weight is 555 g/mol. The summed E-state index contributed by atoms with van der Waals surface area (Å²) in [6, 6.07) is 6.62. The Bertz CT molecular complexity index is 1360. The van der Waals surface area contributed by atoms with Crippen molar-refractivity contribution in [3.63, 3.8) is 0 Å². The summed E-state index contributed by atoms with van der Waals surface area (Å²) in [6.45, 7) is 4.26. The van der Waals surface area contributed by atoms with E-state index < -0.39 is 28.2 Å². The van der Waals surface area contributed by atoms with E-state index in [1.54, 1.807) is 25.2 Å². The van der Waals surface area contributed by atoms with Crippen LogP contribution in [-0.4, -0.2) is 47.7 Å². The molecule has 3 aliphatic rings. The number of nitrogens with zero attached hydrogens (tertiary/aromatic N) is 1. The number of phenolic OH excluding ortho intramolecular Hbond substituents is 1. The Kier molecular flexibility index (Phi) is 7.72. The average Bonchev–Trinajstić information content (AvgIpc) is 3.62. The fourth-order valence-corrected chi connectivity index (χ4v) is 6.41. The number of Topliss-reactive ketones (excluding diaryl/α,β-unsaturated/α-hetero) is 1. The van der Waals surface area contributed by atoms with Gasteiger partial charge in [0.1, 0.15) is 6.61 Å². The van der Waals surface area contributed by atoms with Crippen LogP contribution in [0.2, 0.25) is 0 Å². The normalized spacial score (nSPS) is 22.9. The van der Waals surface area contributed by atoms with E-state index in [1.807, 2.05) is 17.5 Å². The molecule has 0 bridgehead atoms. The van der Waals surface area contributed by atoms with Crippen LogP contribution in [0.3, 0.4) is 0 Å². The maximum absolute atomic E-state index is 13.8. The lowest BCUT2D eigenvalue weighted by Gasteiger charge is -2.36. The zero-order valence-corrected chi connectivity index (χ0v) is 22.5. The molecule has 3 heterocycles. The SMILES string of the molecule is CCOc1cc([C@@H]2C(C(=O)OC[C@@H]3CCCO3)=C(C)NC3=C2C(=O)C[C@@H](c2cccs2)C3)cc([N+](=O)[O-])c1O. The third-order valence-electron chi connectivity index (χ3n) is 7.32. The van der Waals surface area contributed by atoms with Gasteiger partial charge >= 0.3 is 11.7 Å². The highest BCUT2D eigenvalue weighted by Crippen LogP contribution is 2.49. The van der Waals surface area contributed by atoms with E-state index in [0.29, 0.717) is 35.6 Å². The minimum Gasteiger partial charge on any atom is -0.500 e. The van der Waals surface area contributed by atoms with Crippen molar-refractivity contribution in [2.45, 2.75) is 57.5 Å². The molecule has 5 rings (SSSR count). The monoisotopic (exact) mass is 554 g/mol. The number of ketones is 1. The van der Waals surface area contributed by atoms with Crippen LogP contribution in [0.1, 0.15) is 61.8 Å². The van der Waals surface area contributed by atoms with Crippen molar-refractivity contribution in [1.29, 1.82) is 0 Å². The number of nitrogens with one attached hydrogen (secondary N) is 1. The third kappa shape index (κ3) is 5.28. The minimum atomic E-state index is -0.937. The highest BCUT2D eigenvalue weighted by Gasteiger charge is 2.43. The molecule has 0 unspecified atom stereocenters. The van der Waals surface area contributed by atoms with Gasteiger partial charge in [0.25, 0.3) is 0 Å². The lowest BCUT2D eigenvalue weighted by molar-refractivity contribution is -0.386. The van der Waals surface area contributed by atoms with Crippen molar-refractivity contribution in [2.24, 2.45) is 0 Å². The number of rotatable bonds is 8. The van der Waals surface area contributed by atoms with Gasteiger partial charge < -0.3 is 24.6 Å². The Morgan fingerprint density at radius 1 is 1.33 bits per heavy atom. The largest absolute Gasteiger partial charge is 0.500 e. The fraction of sp³-hybridized carbons (Fsp3) is 0.429. The first-order chi connectivity index (χ1) is 18.8. The lowest BCUT2D eigenvalue weighted by atomic mass is 9.72. The smallest absolute Gasteiger partial charge is 0.336 e. The summed E-state index contributed by atoms with van der Waals surface area (Å²) in [4.78, 5) is 39.5. The Hall–Kier alpha value is -3.70. The molecule has 1 saturated heterocycles. The number of allylic oxidation sites excluding steroid dienone is 3. The topological polar surface area (TPSA) is 137 Å². The first kappa shape index (κ1) is 26.9. The molecule has 11 heteroatoms. The van der Waals surface area contributed by atoms with E-state index in [4.69, 9.17) is 14.2 Å². The highest BCUT2D eigenvalue weighted by atomic mass is 32.1. The Morgan fingerprint density at radius 2 is 2.15 bits per heavy atom. The van der Waals surface area contributed by atoms with E-state index in [9.17, 15) is 24.8 Å². The number of thiophene rings is 1. The second kappa shape index (κ2) is 11.2. The summed E-state index contributed by atoms with van der Waals surface area (Å²) in [7, 11) is 0. The van der Waals surface area contributed by atoms with Crippen LogP contribution in [0.4, 0.5) is 5.69 Å². The first-order valence-corrected chi connectivity index (χ1v) is 13.9. The molecule has 2 aliphatic heterocycles.